The third-order valence-corrected chi connectivity index (χ3v) is 3.92. The lowest BCUT2D eigenvalue weighted by atomic mass is 10.0. The molecule has 0 saturated heterocycles. The number of urea groups is 1. The van der Waals surface area contributed by atoms with Gasteiger partial charge in [0, 0.05) is 11.3 Å². The van der Waals surface area contributed by atoms with Gasteiger partial charge in [-0.1, -0.05) is 30.3 Å². The predicted octanol–water partition coefficient (Wildman–Crippen LogP) is 6.79. The van der Waals surface area contributed by atoms with Crippen LogP contribution >= 0.6 is 0 Å². The molecular formula is C21H14F6N2O3. The summed E-state index contributed by atoms with van der Waals surface area (Å²) in [5, 5.41) is 5.05. The maximum Gasteiger partial charge on any atom is 0.573 e. The van der Waals surface area contributed by atoms with Crippen LogP contribution in [0, 0.1) is 0 Å². The van der Waals surface area contributed by atoms with E-state index < -0.39 is 24.5 Å². The standard InChI is InChI=1S/C21H14F6N2O3/c22-20(23,24)31-15-9-5-13(6-10-15)17-3-1-2-4-18(17)29-19(30)28-14-7-11-16(12-8-14)32-21(25,26)27/h1-12H,(H2,28,29,30). The van der Waals surface area contributed by atoms with Crippen LogP contribution in [0.25, 0.3) is 11.1 Å². The van der Waals surface area contributed by atoms with E-state index in [4.69, 9.17) is 0 Å². The Balaban J connectivity index is 1.69. The summed E-state index contributed by atoms with van der Waals surface area (Å²) in [5.41, 5.74) is 1.61. The predicted molar refractivity (Wildman–Crippen MR) is 104 cm³/mol. The molecule has 5 nitrogen and oxygen atoms in total. The van der Waals surface area contributed by atoms with E-state index in [0.717, 1.165) is 24.3 Å². The van der Waals surface area contributed by atoms with E-state index in [9.17, 15) is 31.1 Å². The van der Waals surface area contributed by atoms with Crippen LogP contribution in [0.2, 0.25) is 0 Å². The molecule has 0 spiro atoms. The number of hydrogen-bond donors (Lipinski definition) is 2. The first-order valence-corrected chi connectivity index (χ1v) is 8.87. The minimum Gasteiger partial charge on any atom is -0.406 e. The maximum atomic E-state index is 12.3. The van der Waals surface area contributed by atoms with Crippen molar-refractivity contribution in [2.45, 2.75) is 12.7 Å². The van der Waals surface area contributed by atoms with Gasteiger partial charge in [-0.3, -0.25) is 0 Å². The quantitative estimate of drug-likeness (QED) is 0.416. The highest BCUT2D eigenvalue weighted by atomic mass is 19.4. The summed E-state index contributed by atoms with van der Waals surface area (Å²) in [4.78, 5) is 12.3. The molecule has 168 valence electrons. The number of para-hydroxylation sites is 1. The molecule has 0 aliphatic carbocycles. The number of hydrogen-bond acceptors (Lipinski definition) is 3. The smallest absolute Gasteiger partial charge is 0.406 e. The number of alkyl halides is 6. The molecule has 0 aromatic heterocycles. The van der Waals surface area contributed by atoms with Gasteiger partial charge in [-0.15, -0.1) is 26.3 Å². The summed E-state index contributed by atoms with van der Waals surface area (Å²) in [6.07, 6.45) is -9.64. The summed E-state index contributed by atoms with van der Waals surface area (Å²) >= 11 is 0. The highest BCUT2D eigenvalue weighted by Crippen LogP contribution is 2.31. The van der Waals surface area contributed by atoms with Crippen molar-refractivity contribution in [1.29, 1.82) is 0 Å². The van der Waals surface area contributed by atoms with E-state index in [1.807, 2.05) is 0 Å². The summed E-state index contributed by atoms with van der Waals surface area (Å²) in [7, 11) is 0. The number of amides is 2. The Hall–Kier alpha value is -3.89. The Kier molecular flexibility index (Phi) is 6.47. The molecule has 0 saturated carbocycles. The first kappa shape index (κ1) is 22.8. The molecule has 3 rings (SSSR count). The molecule has 2 amide bonds. The zero-order chi connectivity index (χ0) is 23.4. The van der Waals surface area contributed by atoms with Crippen LogP contribution in [-0.4, -0.2) is 18.8 Å². The Morgan fingerprint density at radius 1 is 0.656 bits per heavy atom. The van der Waals surface area contributed by atoms with Gasteiger partial charge < -0.3 is 20.1 Å². The highest BCUT2D eigenvalue weighted by molar-refractivity contribution is 6.02. The second kappa shape index (κ2) is 9.08. The van der Waals surface area contributed by atoms with Gasteiger partial charge in [0.1, 0.15) is 11.5 Å². The third-order valence-electron chi connectivity index (χ3n) is 3.92. The van der Waals surface area contributed by atoms with Crippen LogP contribution in [-0.2, 0) is 0 Å². The molecule has 3 aromatic carbocycles. The molecule has 11 heteroatoms. The molecule has 0 radical (unpaired) electrons. The number of benzene rings is 3. The maximum absolute atomic E-state index is 12.3. The van der Waals surface area contributed by atoms with Gasteiger partial charge in [-0.25, -0.2) is 4.79 Å². The Morgan fingerprint density at radius 2 is 1.16 bits per heavy atom. The molecule has 2 N–H and O–H groups in total. The minimum atomic E-state index is -4.83. The van der Waals surface area contributed by atoms with E-state index in [2.05, 4.69) is 20.1 Å². The molecule has 0 aliphatic rings. The van der Waals surface area contributed by atoms with Gasteiger partial charge in [0.05, 0.1) is 5.69 Å². The van der Waals surface area contributed by atoms with E-state index in [1.165, 1.54) is 24.3 Å². The van der Waals surface area contributed by atoms with Gasteiger partial charge in [0.15, 0.2) is 0 Å². The summed E-state index contributed by atoms with van der Waals surface area (Å²) in [6.45, 7) is 0. The molecule has 0 fully saturated rings. The van der Waals surface area contributed by atoms with Crippen molar-refractivity contribution < 1.29 is 40.6 Å². The first-order chi connectivity index (χ1) is 15.0. The lowest BCUT2D eigenvalue weighted by Gasteiger charge is -2.14. The number of nitrogens with one attached hydrogen (secondary N) is 2. The molecule has 32 heavy (non-hydrogen) atoms. The van der Waals surface area contributed by atoms with Crippen LogP contribution in [0.4, 0.5) is 42.5 Å². The van der Waals surface area contributed by atoms with Crippen LogP contribution in [0.15, 0.2) is 72.8 Å². The largest absolute Gasteiger partial charge is 0.573 e. The second-order valence-corrected chi connectivity index (χ2v) is 6.27. The molecule has 0 heterocycles. The summed E-state index contributed by atoms with van der Waals surface area (Å²) in [6, 6.07) is 15.5. The number of carbonyl (C=O) groups is 1. The van der Waals surface area contributed by atoms with E-state index in [0.29, 0.717) is 16.8 Å². The van der Waals surface area contributed by atoms with Crippen molar-refractivity contribution in [2.24, 2.45) is 0 Å². The number of carbonyl (C=O) groups excluding carboxylic acids is 1. The Labute approximate surface area is 177 Å². The van der Waals surface area contributed by atoms with Crippen molar-refractivity contribution in [3.63, 3.8) is 0 Å². The Bertz CT molecular complexity index is 1060. The average Bonchev–Trinajstić information content (AvgIpc) is 2.68. The van der Waals surface area contributed by atoms with Crippen molar-refractivity contribution in [3.8, 4) is 22.6 Å². The van der Waals surface area contributed by atoms with E-state index >= 15 is 0 Å². The van der Waals surface area contributed by atoms with Crippen molar-refractivity contribution in [3.05, 3.63) is 72.8 Å². The number of ether oxygens (including phenoxy) is 2. The monoisotopic (exact) mass is 456 g/mol. The topological polar surface area (TPSA) is 59.6 Å². The Morgan fingerprint density at radius 3 is 1.69 bits per heavy atom. The fourth-order valence-corrected chi connectivity index (χ4v) is 2.70. The van der Waals surface area contributed by atoms with Gasteiger partial charge in [-0.05, 0) is 48.0 Å². The number of rotatable bonds is 5. The van der Waals surface area contributed by atoms with Gasteiger partial charge >= 0.3 is 18.8 Å². The van der Waals surface area contributed by atoms with Crippen molar-refractivity contribution in [1.82, 2.24) is 0 Å². The van der Waals surface area contributed by atoms with Crippen molar-refractivity contribution >= 4 is 17.4 Å². The van der Waals surface area contributed by atoms with E-state index in [1.54, 1.807) is 24.3 Å². The first-order valence-electron chi connectivity index (χ1n) is 8.87. The van der Waals surface area contributed by atoms with Crippen LogP contribution in [0.3, 0.4) is 0 Å². The molecule has 0 aliphatic heterocycles. The van der Waals surface area contributed by atoms with Gasteiger partial charge in [-0.2, -0.15) is 0 Å². The van der Waals surface area contributed by atoms with Crippen LogP contribution in [0.1, 0.15) is 0 Å². The van der Waals surface area contributed by atoms with Crippen LogP contribution < -0.4 is 20.1 Å². The van der Waals surface area contributed by atoms with Crippen LogP contribution in [0.5, 0.6) is 11.5 Å². The second-order valence-electron chi connectivity index (χ2n) is 6.27. The number of anilines is 2. The molecule has 3 aromatic rings. The normalized spacial score (nSPS) is 11.6. The van der Waals surface area contributed by atoms with Gasteiger partial charge in [0.2, 0.25) is 0 Å². The minimum absolute atomic E-state index is 0.211. The fraction of sp³-hybridized carbons (Fsp3) is 0.0952. The molecule has 0 bridgehead atoms. The zero-order valence-corrected chi connectivity index (χ0v) is 15.9. The number of halogens is 6. The lowest BCUT2D eigenvalue weighted by Crippen LogP contribution is -2.20. The highest BCUT2D eigenvalue weighted by Gasteiger charge is 2.31. The molecular weight excluding hydrogens is 442 g/mol. The van der Waals surface area contributed by atoms with E-state index in [-0.39, 0.29) is 11.4 Å². The summed E-state index contributed by atoms with van der Waals surface area (Å²) in [5.74, 6) is -0.825. The molecule has 0 unspecified atom stereocenters. The fourth-order valence-electron chi connectivity index (χ4n) is 2.70. The lowest BCUT2D eigenvalue weighted by molar-refractivity contribution is -0.275. The third kappa shape index (κ3) is 6.83. The molecule has 0 atom stereocenters. The SMILES string of the molecule is O=C(Nc1ccc(OC(F)(F)F)cc1)Nc1ccccc1-c1ccc(OC(F)(F)F)cc1. The summed E-state index contributed by atoms with van der Waals surface area (Å²) < 4.78 is 81.2. The van der Waals surface area contributed by atoms with Gasteiger partial charge in [0.25, 0.3) is 0 Å². The average molecular weight is 456 g/mol. The zero-order valence-electron chi connectivity index (χ0n) is 15.9. The van der Waals surface area contributed by atoms with Crippen molar-refractivity contribution in [2.75, 3.05) is 10.6 Å².